The van der Waals surface area contributed by atoms with E-state index in [0.717, 1.165) is 80.7 Å². The van der Waals surface area contributed by atoms with Gasteiger partial charge in [0.05, 0.1) is 35.0 Å². The van der Waals surface area contributed by atoms with Gasteiger partial charge < -0.3 is 28.8 Å². The summed E-state index contributed by atoms with van der Waals surface area (Å²) in [6.07, 6.45) is 7.75. The summed E-state index contributed by atoms with van der Waals surface area (Å²) in [7, 11) is 6.73. The van der Waals surface area contributed by atoms with Gasteiger partial charge in [0.2, 0.25) is 0 Å². The van der Waals surface area contributed by atoms with Gasteiger partial charge in [0.1, 0.15) is 28.7 Å². The number of aliphatic hydroxyl groups excluding tert-OH is 1. The summed E-state index contributed by atoms with van der Waals surface area (Å²) in [6.45, 7) is 9.62. The normalized spacial score (nSPS) is 17.5. The molecule has 0 atom stereocenters. The minimum absolute atomic E-state index is 0.0810. The summed E-state index contributed by atoms with van der Waals surface area (Å²) < 4.78 is 30.8. The van der Waals surface area contributed by atoms with Crippen LogP contribution in [0.2, 0.25) is 0 Å². The predicted octanol–water partition coefficient (Wildman–Crippen LogP) is 11.9. The molecule has 1 spiro atoms. The first kappa shape index (κ1) is 37.8. The van der Waals surface area contributed by atoms with Gasteiger partial charge in [-0.15, -0.1) is 0 Å². The first-order valence-corrected chi connectivity index (χ1v) is 20.2. The molecule has 0 saturated heterocycles. The van der Waals surface area contributed by atoms with Crippen molar-refractivity contribution < 1.29 is 28.8 Å². The molecule has 6 nitrogen and oxygen atoms in total. The summed E-state index contributed by atoms with van der Waals surface area (Å²) in [5.74, 6) is 3.75. The van der Waals surface area contributed by atoms with Crippen molar-refractivity contribution in [3.05, 3.63) is 143 Å². The highest BCUT2D eigenvalue weighted by molar-refractivity contribution is 6.11. The van der Waals surface area contributed by atoms with Crippen LogP contribution in [-0.2, 0) is 17.6 Å². The Morgan fingerprint density at radius 3 is 1.79 bits per heavy atom. The van der Waals surface area contributed by atoms with Crippen molar-refractivity contribution >= 4 is 16.8 Å². The van der Waals surface area contributed by atoms with Gasteiger partial charge >= 0.3 is 0 Å². The Bertz CT molecular complexity index is 2530. The molecule has 0 unspecified atom stereocenters. The molecule has 0 bridgehead atoms. The van der Waals surface area contributed by atoms with Crippen molar-refractivity contribution in [1.29, 1.82) is 0 Å². The van der Waals surface area contributed by atoms with Gasteiger partial charge in [-0.2, -0.15) is 0 Å². The van der Waals surface area contributed by atoms with Gasteiger partial charge in [0.25, 0.3) is 0 Å². The lowest BCUT2D eigenvalue weighted by molar-refractivity contribution is 0.0642. The molecule has 1 saturated carbocycles. The lowest BCUT2D eigenvalue weighted by Gasteiger charge is -2.52. The highest BCUT2D eigenvalue weighted by Gasteiger charge is 2.55. The van der Waals surface area contributed by atoms with Crippen molar-refractivity contribution in [2.75, 3.05) is 28.4 Å². The number of rotatable bonds is 8. The van der Waals surface area contributed by atoms with E-state index in [9.17, 15) is 5.11 Å². The Morgan fingerprint density at radius 2 is 1.21 bits per heavy atom. The fraction of sp³-hybridized carbons (Fsp3) is 0.308. The highest BCUT2D eigenvalue weighted by Crippen LogP contribution is 2.67. The van der Waals surface area contributed by atoms with E-state index in [1.54, 1.807) is 28.4 Å². The molecular formula is C52H52O6. The summed E-state index contributed by atoms with van der Waals surface area (Å²) in [6, 6.07) is 35.7. The maximum absolute atomic E-state index is 10.7. The van der Waals surface area contributed by atoms with E-state index in [1.165, 1.54) is 22.3 Å². The molecule has 1 aliphatic heterocycles. The van der Waals surface area contributed by atoms with E-state index in [4.69, 9.17) is 23.7 Å². The van der Waals surface area contributed by atoms with Crippen LogP contribution >= 0.6 is 0 Å². The molecule has 0 aromatic heterocycles. The number of fused-ring (bicyclic) bond motifs is 10. The van der Waals surface area contributed by atoms with Crippen molar-refractivity contribution in [2.24, 2.45) is 10.8 Å². The summed E-state index contributed by atoms with van der Waals surface area (Å²) in [5.41, 5.74) is 9.75. The molecule has 0 radical (unpaired) electrons. The Morgan fingerprint density at radius 1 is 0.603 bits per heavy atom. The smallest absolute Gasteiger partial charge is 0.178 e. The molecule has 9 rings (SSSR count). The van der Waals surface area contributed by atoms with Crippen molar-refractivity contribution in [2.45, 2.75) is 64.6 Å². The lowest BCUT2D eigenvalue weighted by atomic mass is 9.52. The van der Waals surface area contributed by atoms with Gasteiger partial charge in [-0.1, -0.05) is 88.4 Å². The number of aliphatic hydroxyl groups is 1. The van der Waals surface area contributed by atoms with E-state index < -0.39 is 5.60 Å². The number of benzene rings is 6. The first-order valence-electron chi connectivity index (χ1n) is 20.2. The third-order valence-corrected chi connectivity index (χ3v) is 12.9. The average Bonchev–Trinajstić information content (AvgIpc) is 3.49. The minimum Gasteiger partial charge on any atom is -0.497 e. The van der Waals surface area contributed by atoms with Crippen molar-refractivity contribution in [3.63, 3.8) is 0 Å². The second-order valence-electron chi connectivity index (χ2n) is 17.9. The van der Waals surface area contributed by atoms with E-state index in [1.807, 2.05) is 42.5 Å². The van der Waals surface area contributed by atoms with Gasteiger partial charge in [-0.3, -0.25) is 0 Å². The van der Waals surface area contributed by atoms with Crippen LogP contribution in [0.1, 0.15) is 80.3 Å². The zero-order valence-corrected chi connectivity index (χ0v) is 34.8. The molecular weight excluding hydrogens is 721 g/mol. The summed E-state index contributed by atoms with van der Waals surface area (Å²) >= 11 is 0. The maximum Gasteiger partial charge on any atom is 0.178 e. The van der Waals surface area contributed by atoms with E-state index >= 15 is 0 Å². The fourth-order valence-corrected chi connectivity index (χ4v) is 11.3. The molecule has 58 heavy (non-hydrogen) atoms. The Labute approximate surface area is 342 Å². The van der Waals surface area contributed by atoms with Crippen LogP contribution in [0.25, 0.3) is 39.1 Å². The van der Waals surface area contributed by atoms with Crippen LogP contribution in [0.15, 0.2) is 109 Å². The highest BCUT2D eigenvalue weighted by atomic mass is 16.5. The molecule has 0 amide bonds. The molecule has 6 heteroatoms. The van der Waals surface area contributed by atoms with Crippen LogP contribution in [0.4, 0.5) is 0 Å². The van der Waals surface area contributed by atoms with Crippen LogP contribution in [0, 0.1) is 10.8 Å². The molecule has 6 aromatic rings. The zero-order chi connectivity index (χ0) is 40.6. The quantitative estimate of drug-likeness (QED) is 0.166. The molecule has 6 aromatic carbocycles. The molecule has 3 aliphatic rings. The first-order chi connectivity index (χ1) is 27.9. The monoisotopic (exact) mass is 772 g/mol. The Hall–Kier alpha value is -5.72. The molecule has 1 heterocycles. The van der Waals surface area contributed by atoms with Crippen LogP contribution in [-0.4, -0.2) is 33.5 Å². The largest absolute Gasteiger partial charge is 0.497 e. The lowest BCUT2D eigenvalue weighted by Crippen LogP contribution is -2.44. The third kappa shape index (κ3) is 5.79. The van der Waals surface area contributed by atoms with Crippen LogP contribution in [0.5, 0.6) is 28.7 Å². The van der Waals surface area contributed by atoms with Gasteiger partial charge in [0, 0.05) is 33.1 Å². The Kier molecular flexibility index (Phi) is 8.94. The fourth-order valence-electron chi connectivity index (χ4n) is 11.3. The zero-order valence-electron chi connectivity index (χ0n) is 34.8. The van der Waals surface area contributed by atoms with E-state index in [2.05, 4.69) is 101 Å². The number of methoxy groups -OCH3 is 4. The van der Waals surface area contributed by atoms with E-state index in [-0.39, 0.29) is 22.9 Å². The standard InChI is InChI=1S/C52H52O6/c1-49(2)29-50(3,4)31-51(30-49)44-12-10-9-11-39(44)46-42-26-41(38-22-21-37(56-7)25-32(38)28-53)45(57-8)27-43(42)48-40(47(46)51)23-24-52(58-48,33-13-17-35(54-5)18-14-33)34-15-19-36(55-6)20-16-34/h9-27,53H,28-31H2,1-8H3. The minimum atomic E-state index is -0.984. The molecule has 296 valence electrons. The van der Waals surface area contributed by atoms with Gasteiger partial charge in [0.15, 0.2) is 5.60 Å². The summed E-state index contributed by atoms with van der Waals surface area (Å²) in [5, 5.41) is 12.7. The van der Waals surface area contributed by atoms with Crippen molar-refractivity contribution in [3.8, 4) is 51.0 Å². The van der Waals surface area contributed by atoms with Crippen LogP contribution in [0.3, 0.4) is 0 Å². The van der Waals surface area contributed by atoms with Crippen LogP contribution < -0.4 is 23.7 Å². The average molecular weight is 773 g/mol. The number of hydrogen-bond donors (Lipinski definition) is 1. The number of hydrogen-bond acceptors (Lipinski definition) is 6. The topological polar surface area (TPSA) is 66.4 Å². The van der Waals surface area contributed by atoms with Gasteiger partial charge in [-0.25, -0.2) is 0 Å². The molecule has 1 N–H and O–H groups in total. The van der Waals surface area contributed by atoms with E-state index in [0.29, 0.717) is 11.5 Å². The summed E-state index contributed by atoms with van der Waals surface area (Å²) in [4.78, 5) is 0. The SMILES string of the molecule is COc1ccc(C2(c3ccc(OC)cc3)C=Cc3c4c(c5cc(-c6ccc(OC)cc6CO)c(OC)cc5c3O2)-c2ccccc2C42CC(C)(C)CC(C)(C)C2)cc1. The molecule has 1 fully saturated rings. The van der Waals surface area contributed by atoms with Crippen molar-refractivity contribution in [1.82, 2.24) is 0 Å². The maximum atomic E-state index is 10.7. The number of ether oxygens (including phenoxy) is 5. The second kappa shape index (κ2) is 13.7. The predicted molar refractivity (Wildman–Crippen MR) is 232 cm³/mol. The second-order valence-corrected chi connectivity index (χ2v) is 17.9. The third-order valence-electron chi connectivity index (χ3n) is 12.9. The van der Waals surface area contributed by atoms with Gasteiger partial charge in [-0.05, 0) is 123 Å². The Balaban J connectivity index is 1.41. The molecule has 2 aliphatic carbocycles.